The van der Waals surface area contributed by atoms with Crippen molar-refractivity contribution in [2.75, 3.05) is 12.8 Å². The van der Waals surface area contributed by atoms with E-state index in [1.54, 1.807) is 0 Å². The molecule has 4 heteroatoms. The summed E-state index contributed by atoms with van der Waals surface area (Å²) in [4.78, 5) is 0. The van der Waals surface area contributed by atoms with E-state index in [-0.39, 0.29) is 0 Å². The molecule has 15 heavy (non-hydrogen) atoms. The van der Waals surface area contributed by atoms with Gasteiger partial charge < -0.3 is 5.73 Å². The van der Waals surface area contributed by atoms with Crippen LogP contribution in [0.2, 0.25) is 0 Å². The summed E-state index contributed by atoms with van der Waals surface area (Å²) in [5.41, 5.74) is 6.00. The first-order chi connectivity index (χ1) is 6.93. The quantitative estimate of drug-likeness (QED) is 0.783. The molecule has 2 fully saturated rings. The van der Waals surface area contributed by atoms with Crippen LogP contribution in [-0.4, -0.2) is 26.0 Å². The van der Waals surface area contributed by atoms with Gasteiger partial charge >= 0.3 is 0 Å². The summed E-state index contributed by atoms with van der Waals surface area (Å²) in [7, 11) is -2.98. The Hall–Kier alpha value is -0.0900. The molecule has 0 heterocycles. The van der Waals surface area contributed by atoms with Gasteiger partial charge in [-0.25, -0.2) is 8.42 Å². The van der Waals surface area contributed by atoms with E-state index in [1.807, 2.05) is 0 Å². The third-order valence-electron chi connectivity index (χ3n) is 4.47. The van der Waals surface area contributed by atoms with E-state index in [4.69, 9.17) is 5.73 Å². The summed E-state index contributed by atoms with van der Waals surface area (Å²) < 4.78 is 22.8. The summed E-state index contributed by atoms with van der Waals surface area (Å²) >= 11 is 0. The molecule has 1 spiro atoms. The third kappa shape index (κ3) is 1.72. The average molecular weight is 231 g/mol. The molecule has 0 aromatic rings. The summed E-state index contributed by atoms with van der Waals surface area (Å²) in [5.74, 6) is 0. The first kappa shape index (κ1) is 11.4. The van der Waals surface area contributed by atoms with E-state index in [0.29, 0.717) is 12.0 Å². The highest BCUT2D eigenvalue weighted by atomic mass is 32.2. The molecule has 2 aliphatic carbocycles. The molecule has 0 saturated heterocycles. The third-order valence-corrected chi connectivity index (χ3v) is 6.50. The molecule has 0 unspecified atom stereocenters. The van der Waals surface area contributed by atoms with E-state index < -0.39 is 14.6 Å². The highest BCUT2D eigenvalue weighted by molar-refractivity contribution is 7.92. The van der Waals surface area contributed by atoms with Crippen molar-refractivity contribution in [2.45, 2.75) is 49.7 Å². The molecule has 2 aliphatic rings. The van der Waals surface area contributed by atoms with Crippen LogP contribution < -0.4 is 5.73 Å². The number of rotatable bonds is 2. The van der Waals surface area contributed by atoms with Crippen LogP contribution in [0.4, 0.5) is 0 Å². The fourth-order valence-electron chi connectivity index (χ4n) is 3.53. The Labute approximate surface area is 92.3 Å². The average Bonchev–Trinajstić information content (AvgIpc) is 2.13. The van der Waals surface area contributed by atoms with Gasteiger partial charge in [0.25, 0.3) is 0 Å². The van der Waals surface area contributed by atoms with Crippen molar-refractivity contribution in [1.29, 1.82) is 0 Å². The normalized spacial score (nSPS) is 28.7. The smallest absolute Gasteiger partial charge is 0.154 e. The lowest BCUT2D eigenvalue weighted by Gasteiger charge is -2.56. The van der Waals surface area contributed by atoms with Crippen LogP contribution in [0.3, 0.4) is 0 Å². The van der Waals surface area contributed by atoms with Gasteiger partial charge in [-0.2, -0.15) is 0 Å². The minimum absolute atomic E-state index is 0.299. The second kappa shape index (κ2) is 3.45. The largest absolute Gasteiger partial charge is 0.329 e. The number of nitrogens with two attached hydrogens (primary N) is 1. The molecular weight excluding hydrogens is 210 g/mol. The van der Waals surface area contributed by atoms with Gasteiger partial charge in [-0.15, -0.1) is 0 Å². The van der Waals surface area contributed by atoms with Gasteiger partial charge in [0.15, 0.2) is 9.84 Å². The van der Waals surface area contributed by atoms with Gasteiger partial charge in [0, 0.05) is 12.8 Å². The van der Waals surface area contributed by atoms with Crippen LogP contribution in [-0.2, 0) is 9.84 Å². The predicted molar refractivity (Wildman–Crippen MR) is 61.4 cm³/mol. The van der Waals surface area contributed by atoms with Gasteiger partial charge in [-0.3, -0.25) is 0 Å². The van der Waals surface area contributed by atoms with Crippen LogP contribution >= 0.6 is 0 Å². The second-order valence-electron chi connectivity index (χ2n) is 5.57. The Morgan fingerprint density at radius 1 is 1.13 bits per heavy atom. The lowest BCUT2D eigenvalue weighted by molar-refractivity contribution is 0.0355. The molecule has 0 bridgehead atoms. The fraction of sp³-hybridized carbons (Fsp3) is 1.00. The maximum atomic E-state index is 11.7. The molecular formula is C11H21NO2S. The Bertz CT molecular complexity index is 334. The lowest BCUT2D eigenvalue weighted by atomic mass is 9.55. The maximum Gasteiger partial charge on any atom is 0.154 e. The highest BCUT2D eigenvalue weighted by Gasteiger charge is 2.58. The first-order valence-corrected chi connectivity index (χ1v) is 7.72. The Morgan fingerprint density at radius 3 is 2.07 bits per heavy atom. The Kier molecular flexibility index (Phi) is 2.62. The number of hydrogen-bond donors (Lipinski definition) is 1. The highest BCUT2D eigenvalue weighted by Crippen LogP contribution is 2.59. The monoisotopic (exact) mass is 231 g/mol. The summed E-state index contributed by atoms with van der Waals surface area (Å²) in [6, 6.07) is 0. The van der Waals surface area contributed by atoms with E-state index in [2.05, 4.69) is 0 Å². The second-order valence-corrected chi connectivity index (χ2v) is 7.98. The fourth-order valence-corrected chi connectivity index (χ4v) is 4.97. The first-order valence-electron chi connectivity index (χ1n) is 5.83. The van der Waals surface area contributed by atoms with Crippen LogP contribution in [0.5, 0.6) is 0 Å². The zero-order valence-corrected chi connectivity index (χ0v) is 10.3. The van der Waals surface area contributed by atoms with Gasteiger partial charge in [0.05, 0.1) is 4.75 Å². The lowest BCUT2D eigenvalue weighted by Crippen LogP contribution is -2.60. The van der Waals surface area contributed by atoms with E-state index in [9.17, 15) is 8.42 Å². The molecule has 3 nitrogen and oxygen atoms in total. The Morgan fingerprint density at radius 2 is 1.67 bits per heavy atom. The van der Waals surface area contributed by atoms with Crippen LogP contribution in [0.15, 0.2) is 0 Å². The van der Waals surface area contributed by atoms with Crippen molar-refractivity contribution in [1.82, 2.24) is 0 Å². The zero-order valence-electron chi connectivity index (χ0n) is 9.46. The molecule has 0 radical (unpaired) electrons. The van der Waals surface area contributed by atoms with E-state index in [0.717, 1.165) is 12.8 Å². The maximum absolute atomic E-state index is 11.7. The molecule has 0 atom stereocenters. The zero-order chi connectivity index (χ0) is 11.2. The molecule has 0 amide bonds. The van der Waals surface area contributed by atoms with Crippen LogP contribution in [0.1, 0.15) is 44.9 Å². The summed E-state index contributed by atoms with van der Waals surface area (Å²) in [6.45, 7) is 0.299. The minimum atomic E-state index is -2.98. The number of hydrogen-bond acceptors (Lipinski definition) is 3. The molecule has 2 saturated carbocycles. The Balaban J connectivity index is 2.12. The molecule has 0 aliphatic heterocycles. The molecule has 88 valence electrons. The van der Waals surface area contributed by atoms with Gasteiger partial charge in [0.2, 0.25) is 0 Å². The molecule has 2 N–H and O–H groups in total. The van der Waals surface area contributed by atoms with Crippen molar-refractivity contribution in [3.8, 4) is 0 Å². The van der Waals surface area contributed by atoms with Crippen LogP contribution in [0, 0.1) is 5.41 Å². The van der Waals surface area contributed by atoms with Crippen molar-refractivity contribution < 1.29 is 8.42 Å². The van der Waals surface area contributed by atoms with Gasteiger partial charge in [0.1, 0.15) is 0 Å². The molecule has 0 aromatic heterocycles. The topological polar surface area (TPSA) is 60.2 Å². The summed E-state index contributed by atoms with van der Waals surface area (Å²) in [5, 5.41) is 0. The van der Waals surface area contributed by atoms with Crippen LogP contribution in [0.25, 0.3) is 0 Å². The van der Waals surface area contributed by atoms with Crippen molar-refractivity contribution in [2.24, 2.45) is 11.1 Å². The molecule has 2 rings (SSSR count). The molecule has 0 aromatic carbocycles. The van der Waals surface area contributed by atoms with E-state index >= 15 is 0 Å². The summed E-state index contributed by atoms with van der Waals surface area (Å²) in [6.07, 6.45) is 9.25. The number of sulfone groups is 1. The van der Waals surface area contributed by atoms with Crippen molar-refractivity contribution in [3.63, 3.8) is 0 Å². The predicted octanol–water partition coefficient (Wildman–Crippen LogP) is 1.47. The minimum Gasteiger partial charge on any atom is -0.329 e. The van der Waals surface area contributed by atoms with Crippen molar-refractivity contribution >= 4 is 9.84 Å². The van der Waals surface area contributed by atoms with Gasteiger partial charge in [-0.1, -0.05) is 19.3 Å². The SMILES string of the molecule is CS(=O)(=O)C1(CN)CC2(CCCCC2)C1. The van der Waals surface area contributed by atoms with E-state index in [1.165, 1.54) is 38.4 Å². The standard InChI is InChI=1S/C11H21NO2S/c1-15(13,14)11(9-12)7-10(8-11)5-3-2-4-6-10/h2-9,12H2,1H3. The van der Waals surface area contributed by atoms with Gasteiger partial charge in [-0.05, 0) is 31.1 Å². The van der Waals surface area contributed by atoms with Crippen molar-refractivity contribution in [3.05, 3.63) is 0 Å².